The van der Waals surface area contributed by atoms with Gasteiger partial charge in [-0.05, 0) is 18.8 Å². The molecule has 1 heterocycles. The summed E-state index contributed by atoms with van der Waals surface area (Å²) in [6.45, 7) is 1.87. The first-order chi connectivity index (χ1) is 11.9. The molecule has 25 heavy (non-hydrogen) atoms. The van der Waals surface area contributed by atoms with Crippen LogP contribution in [0.2, 0.25) is 0 Å². The van der Waals surface area contributed by atoms with E-state index in [1.165, 1.54) is 10.9 Å². The Labute approximate surface area is 143 Å². The normalized spacial score (nSPS) is 20.4. The van der Waals surface area contributed by atoms with Crippen LogP contribution in [0.15, 0.2) is 18.5 Å². The number of rotatable bonds is 3. The summed E-state index contributed by atoms with van der Waals surface area (Å²) in [7, 11) is 0. The molecule has 1 aliphatic carbocycles. The SMILES string of the molecule is CC1CCCCC1NC(=O)NC(=O)Cn1cnc2cc(F)c(F)cc21. The monoisotopic (exact) mass is 350 g/mol. The molecule has 3 amide bonds. The Morgan fingerprint density at radius 1 is 1.24 bits per heavy atom. The van der Waals surface area contributed by atoms with Crippen molar-refractivity contribution in [3.63, 3.8) is 0 Å². The minimum Gasteiger partial charge on any atom is -0.335 e. The van der Waals surface area contributed by atoms with Gasteiger partial charge in [0.1, 0.15) is 6.54 Å². The number of nitrogens with one attached hydrogen (secondary N) is 2. The summed E-state index contributed by atoms with van der Waals surface area (Å²) in [5.41, 5.74) is 0.530. The molecule has 1 saturated carbocycles. The highest BCUT2D eigenvalue weighted by molar-refractivity contribution is 5.94. The molecule has 1 aromatic carbocycles. The van der Waals surface area contributed by atoms with Gasteiger partial charge in [0.05, 0.1) is 17.4 Å². The first kappa shape index (κ1) is 17.3. The molecular weight excluding hydrogens is 330 g/mol. The van der Waals surface area contributed by atoms with E-state index < -0.39 is 23.6 Å². The molecular formula is C17H20F2N4O2. The first-order valence-electron chi connectivity index (χ1n) is 8.34. The van der Waals surface area contributed by atoms with Gasteiger partial charge in [0.2, 0.25) is 5.91 Å². The Hall–Kier alpha value is -2.51. The second kappa shape index (κ2) is 7.16. The number of imidazole rings is 1. The minimum absolute atomic E-state index is 0.0627. The molecule has 2 atom stereocenters. The van der Waals surface area contributed by atoms with E-state index in [0.717, 1.165) is 37.8 Å². The smallest absolute Gasteiger partial charge is 0.321 e. The zero-order valence-corrected chi connectivity index (χ0v) is 13.9. The van der Waals surface area contributed by atoms with E-state index in [2.05, 4.69) is 22.5 Å². The fourth-order valence-electron chi connectivity index (χ4n) is 3.24. The number of hydrogen-bond donors (Lipinski definition) is 2. The van der Waals surface area contributed by atoms with Crippen molar-refractivity contribution in [2.24, 2.45) is 5.92 Å². The van der Waals surface area contributed by atoms with Crippen LogP contribution in [0.1, 0.15) is 32.6 Å². The van der Waals surface area contributed by atoms with E-state index in [-0.39, 0.29) is 23.6 Å². The summed E-state index contributed by atoms with van der Waals surface area (Å²) in [5, 5.41) is 5.10. The van der Waals surface area contributed by atoms with Gasteiger partial charge < -0.3 is 9.88 Å². The molecule has 0 saturated heterocycles. The van der Waals surface area contributed by atoms with E-state index in [1.54, 1.807) is 0 Å². The lowest BCUT2D eigenvalue weighted by atomic mass is 9.86. The van der Waals surface area contributed by atoms with Gasteiger partial charge in [-0.1, -0.05) is 19.8 Å². The average molecular weight is 350 g/mol. The fraction of sp³-hybridized carbons (Fsp3) is 0.471. The Kier molecular flexibility index (Phi) is 4.96. The van der Waals surface area contributed by atoms with Gasteiger partial charge in [0.25, 0.3) is 0 Å². The molecule has 0 bridgehead atoms. The fourth-order valence-corrected chi connectivity index (χ4v) is 3.24. The highest BCUT2D eigenvalue weighted by Gasteiger charge is 2.23. The van der Waals surface area contributed by atoms with E-state index in [0.29, 0.717) is 5.92 Å². The maximum absolute atomic E-state index is 13.4. The summed E-state index contributed by atoms with van der Waals surface area (Å²) in [4.78, 5) is 28.0. The maximum Gasteiger partial charge on any atom is 0.321 e. The summed E-state index contributed by atoms with van der Waals surface area (Å²) in [5.74, 6) is -2.18. The van der Waals surface area contributed by atoms with Gasteiger partial charge in [-0.15, -0.1) is 0 Å². The quantitative estimate of drug-likeness (QED) is 0.894. The number of halogens is 2. The van der Waals surface area contributed by atoms with Crippen LogP contribution < -0.4 is 10.6 Å². The van der Waals surface area contributed by atoms with Crippen molar-refractivity contribution in [1.29, 1.82) is 0 Å². The molecule has 1 fully saturated rings. The van der Waals surface area contributed by atoms with Crippen LogP contribution >= 0.6 is 0 Å². The van der Waals surface area contributed by atoms with Gasteiger partial charge in [-0.2, -0.15) is 0 Å². The van der Waals surface area contributed by atoms with Crippen LogP contribution in [0.5, 0.6) is 0 Å². The van der Waals surface area contributed by atoms with Crippen LogP contribution in [-0.2, 0) is 11.3 Å². The number of amides is 3. The van der Waals surface area contributed by atoms with Crippen molar-refractivity contribution in [3.05, 3.63) is 30.1 Å². The van der Waals surface area contributed by atoms with Crippen molar-refractivity contribution >= 4 is 23.0 Å². The van der Waals surface area contributed by atoms with Gasteiger partial charge in [-0.25, -0.2) is 18.6 Å². The third-order valence-electron chi connectivity index (χ3n) is 4.66. The highest BCUT2D eigenvalue weighted by atomic mass is 19.2. The Bertz CT molecular complexity index is 805. The molecule has 1 aromatic heterocycles. The van der Waals surface area contributed by atoms with Gasteiger partial charge >= 0.3 is 6.03 Å². The molecule has 8 heteroatoms. The second-order valence-electron chi connectivity index (χ2n) is 6.52. The van der Waals surface area contributed by atoms with Gasteiger partial charge in [0, 0.05) is 18.2 Å². The number of nitrogens with zero attached hydrogens (tertiary/aromatic N) is 2. The number of carbonyl (C=O) groups is 2. The Morgan fingerprint density at radius 3 is 2.72 bits per heavy atom. The Morgan fingerprint density at radius 2 is 1.96 bits per heavy atom. The molecule has 2 aromatic rings. The number of aromatic nitrogens is 2. The zero-order chi connectivity index (χ0) is 18.0. The van der Waals surface area contributed by atoms with Gasteiger partial charge in [0.15, 0.2) is 11.6 Å². The first-order valence-corrected chi connectivity index (χ1v) is 8.34. The third kappa shape index (κ3) is 3.94. The molecule has 3 rings (SSSR count). The second-order valence-corrected chi connectivity index (χ2v) is 6.52. The van der Waals surface area contributed by atoms with E-state index >= 15 is 0 Å². The summed E-state index contributed by atoms with van der Waals surface area (Å²) >= 11 is 0. The van der Waals surface area contributed by atoms with Crippen molar-refractivity contribution in [3.8, 4) is 0 Å². The molecule has 2 N–H and O–H groups in total. The van der Waals surface area contributed by atoms with Crippen LogP contribution in [0.4, 0.5) is 13.6 Å². The molecule has 0 spiro atoms. The van der Waals surface area contributed by atoms with Crippen molar-refractivity contribution < 1.29 is 18.4 Å². The lowest BCUT2D eigenvalue weighted by Crippen LogP contribution is -2.48. The van der Waals surface area contributed by atoms with E-state index in [9.17, 15) is 18.4 Å². The molecule has 0 radical (unpaired) electrons. The lowest BCUT2D eigenvalue weighted by Gasteiger charge is -2.29. The van der Waals surface area contributed by atoms with E-state index in [4.69, 9.17) is 0 Å². The van der Waals surface area contributed by atoms with Gasteiger partial charge in [-0.3, -0.25) is 10.1 Å². The Balaban J connectivity index is 1.61. The highest BCUT2D eigenvalue weighted by Crippen LogP contribution is 2.23. The minimum atomic E-state index is -1.02. The van der Waals surface area contributed by atoms with E-state index in [1.807, 2.05) is 0 Å². The molecule has 6 nitrogen and oxygen atoms in total. The number of carbonyl (C=O) groups excluding carboxylic acids is 2. The lowest BCUT2D eigenvalue weighted by molar-refractivity contribution is -0.120. The topological polar surface area (TPSA) is 76.0 Å². The van der Waals surface area contributed by atoms with Crippen LogP contribution in [0.25, 0.3) is 11.0 Å². The molecule has 2 unspecified atom stereocenters. The number of urea groups is 1. The third-order valence-corrected chi connectivity index (χ3v) is 4.66. The van der Waals surface area contributed by atoms with Crippen molar-refractivity contribution in [2.45, 2.75) is 45.2 Å². The van der Waals surface area contributed by atoms with Crippen LogP contribution in [0.3, 0.4) is 0 Å². The largest absolute Gasteiger partial charge is 0.335 e. The number of fused-ring (bicyclic) bond motifs is 1. The zero-order valence-electron chi connectivity index (χ0n) is 13.9. The number of imide groups is 1. The predicted molar refractivity (Wildman–Crippen MR) is 87.7 cm³/mol. The van der Waals surface area contributed by atoms with Crippen molar-refractivity contribution in [2.75, 3.05) is 0 Å². The summed E-state index contributed by atoms with van der Waals surface area (Å²) < 4.78 is 27.9. The molecule has 134 valence electrons. The molecule has 0 aliphatic heterocycles. The summed E-state index contributed by atoms with van der Waals surface area (Å²) in [6, 6.07) is 1.48. The number of benzene rings is 1. The standard InChI is InChI=1S/C17H20F2N4O2/c1-10-4-2-3-5-13(10)21-17(25)22-16(24)8-23-9-20-14-6-11(18)12(19)7-15(14)23/h6-7,9-10,13H,2-5,8H2,1H3,(H2,21,22,24,25). The predicted octanol–water partition coefficient (Wildman–Crippen LogP) is 2.72. The number of hydrogen-bond acceptors (Lipinski definition) is 3. The molecule has 1 aliphatic rings. The van der Waals surface area contributed by atoms with Crippen LogP contribution in [-0.4, -0.2) is 27.5 Å². The summed E-state index contributed by atoms with van der Waals surface area (Å²) in [6.07, 6.45) is 5.49. The van der Waals surface area contributed by atoms with Crippen molar-refractivity contribution in [1.82, 2.24) is 20.2 Å². The maximum atomic E-state index is 13.4. The average Bonchev–Trinajstić information content (AvgIpc) is 2.92. The van der Waals surface area contributed by atoms with Crippen LogP contribution in [0, 0.1) is 17.6 Å².